The first kappa shape index (κ1) is 16.6. The molecular formula is C13H16BrFN2O3. The Kier molecular flexibility index (Phi) is 6.57. The third-order valence-corrected chi connectivity index (χ3v) is 3.88. The van der Waals surface area contributed by atoms with E-state index < -0.39 is 22.3 Å². The molecule has 0 heterocycles. The minimum absolute atomic E-state index is 0.0368. The Bertz CT molecular complexity index is 497. The number of carbonyl (C=O) groups excluding carboxylic acids is 1. The smallest absolute Gasteiger partial charge is 0.273 e. The molecular weight excluding hydrogens is 331 g/mol. The van der Waals surface area contributed by atoms with Crippen molar-refractivity contribution in [1.29, 1.82) is 0 Å². The van der Waals surface area contributed by atoms with Gasteiger partial charge >= 0.3 is 0 Å². The molecule has 110 valence electrons. The Labute approximate surface area is 124 Å². The summed E-state index contributed by atoms with van der Waals surface area (Å²) in [5, 5.41) is 14.1. The maximum Gasteiger partial charge on any atom is 0.273 e. The SMILES string of the molecule is CC(CBr)CCCNC(=O)c1cc(F)cc([N+](=O)[O-])c1. The average Bonchev–Trinajstić information content (AvgIpc) is 2.42. The largest absolute Gasteiger partial charge is 0.352 e. The van der Waals surface area contributed by atoms with E-state index in [1.165, 1.54) is 0 Å². The lowest BCUT2D eigenvalue weighted by atomic mass is 10.1. The highest BCUT2D eigenvalue weighted by molar-refractivity contribution is 9.09. The number of rotatable bonds is 7. The lowest BCUT2D eigenvalue weighted by molar-refractivity contribution is -0.385. The molecule has 0 radical (unpaired) electrons. The van der Waals surface area contributed by atoms with E-state index in [-0.39, 0.29) is 5.56 Å². The van der Waals surface area contributed by atoms with Crippen LogP contribution < -0.4 is 5.32 Å². The second-order valence-corrected chi connectivity index (χ2v) is 5.26. The molecule has 0 saturated heterocycles. The lowest BCUT2D eigenvalue weighted by Gasteiger charge is -2.08. The monoisotopic (exact) mass is 346 g/mol. The quantitative estimate of drug-likeness (QED) is 0.356. The summed E-state index contributed by atoms with van der Waals surface area (Å²) in [6.07, 6.45) is 1.75. The average molecular weight is 347 g/mol. The standard InChI is InChI=1S/C13H16BrFN2O3/c1-9(8-14)3-2-4-16-13(18)10-5-11(15)7-12(6-10)17(19)20/h5-7,9H,2-4,8H2,1H3,(H,16,18). The second kappa shape index (κ2) is 7.94. The van der Waals surface area contributed by atoms with E-state index in [1.54, 1.807) is 0 Å². The van der Waals surface area contributed by atoms with Gasteiger partial charge in [-0.15, -0.1) is 0 Å². The molecule has 20 heavy (non-hydrogen) atoms. The van der Waals surface area contributed by atoms with Gasteiger partial charge in [0.05, 0.1) is 11.0 Å². The third-order valence-electron chi connectivity index (χ3n) is 2.78. The van der Waals surface area contributed by atoms with E-state index in [1.807, 2.05) is 0 Å². The number of carbonyl (C=O) groups is 1. The van der Waals surface area contributed by atoms with Gasteiger partial charge in [0.25, 0.3) is 11.6 Å². The predicted octanol–water partition coefficient (Wildman–Crippen LogP) is 3.27. The van der Waals surface area contributed by atoms with E-state index in [2.05, 4.69) is 28.2 Å². The number of alkyl halides is 1. The molecule has 1 atom stereocenters. The van der Waals surface area contributed by atoms with Crippen molar-refractivity contribution in [2.24, 2.45) is 5.92 Å². The summed E-state index contributed by atoms with van der Waals surface area (Å²) in [6, 6.07) is 2.84. The van der Waals surface area contributed by atoms with Gasteiger partial charge < -0.3 is 5.32 Å². The van der Waals surface area contributed by atoms with Gasteiger partial charge in [0.2, 0.25) is 0 Å². The second-order valence-electron chi connectivity index (χ2n) is 4.61. The Morgan fingerprint density at radius 3 is 2.80 bits per heavy atom. The van der Waals surface area contributed by atoms with Crippen LogP contribution in [0.15, 0.2) is 18.2 Å². The molecule has 1 aromatic carbocycles. The number of nitro groups is 1. The van der Waals surface area contributed by atoms with Gasteiger partial charge in [-0.2, -0.15) is 0 Å². The highest BCUT2D eigenvalue weighted by Crippen LogP contribution is 2.16. The van der Waals surface area contributed by atoms with Crippen LogP contribution in [-0.4, -0.2) is 22.7 Å². The van der Waals surface area contributed by atoms with Crippen LogP contribution in [0.2, 0.25) is 0 Å². The van der Waals surface area contributed by atoms with Crippen molar-refractivity contribution in [3.63, 3.8) is 0 Å². The van der Waals surface area contributed by atoms with Gasteiger partial charge in [-0.1, -0.05) is 22.9 Å². The zero-order valence-electron chi connectivity index (χ0n) is 11.1. The van der Waals surface area contributed by atoms with Crippen molar-refractivity contribution in [1.82, 2.24) is 5.32 Å². The zero-order chi connectivity index (χ0) is 15.1. The maximum atomic E-state index is 13.2. The summed E-state index contributed by atoms with van der Waals surface area (Å²) in [6.45, 7) is 2.55. The van der Waals surface area contributed by atoms with Crippen molar-refractivity contribution in [3.05, 3.63) is 39.7 Å². The van der Waals surface area contributed by atoms with Crippen LogP contribution in [-0.2, 0) is 0 Å². The fourth-order valence-corrected chi connectivity index (χ4v) is 1.97. The number of nitrogens with zero attached hydrogens (tertiary/aromatic N) is 1. The molecule has 0 bridgehead atoms. The first-order valence-corrected chi connectivity index (χ1v) is 7.35. The Morgan fingerprint density at radius 2 is 2.20 bits per heavy atom. The van der Waals surface area contributed by atoms with Gasteiger partial charge in [0.15, 0.2) is 0 Å². The summed E-state index contributed by atoms with van der Waals surface area (Å²) in [7, 11) is 0. The third kappa shape index (κ3) is 5.24. The first-order chi connectivity index (χ1) is 9.43. The molecule has 0 fully saturated rings. The molecule has 0 aliphatic heterocycles. The molecule has 1 rings (SSSR count). The van der Waals surface area contributed by atoms with Gasteiger partial charge in [-0.25, -0.2) is 4.39 Å². The van der Waals surface area contributed by atoms with Crippen LogP contribution in [0.1, 0.15) is 30.1 Å². The number of benzene rings is 1. The Morgan fingerprint density at radius 1 is 1.50 bits per heavy atom. The van der Waals surface area contributed by atoms with E-state index >= 15 is 0 Å². The summed E-state index contributed by atoms with van der Waals surface area (Å²) in [5.74, 6) is -0.779. The number of nitrogens with one attached hydrogen (secondary N) is 1. The fraction of sp³-hybridized carbons (Fsp3) is 0.462. The molecule has 0 aliphatic carbocycles. The van der Waals surface area contributed by atoms with Crippen molar-refractivity contribution >= 4 is 27.5 Å². The predicted molar refractivity (Wildman–Crippen MR) is 77.6 cm³/mol. The lowest BCUT2D eigenvalue weighted by Crippen LogP contribution is -2.25. The summed E-state index contributed by atoms with van der Waals surface area (Å²) in [4.78, 5) is 21.7. The number of non-ortho nitro benzene ring substituents is 1. The van der Waals surface area contributed by atoms with E-state index in [4.69, 9.17) is 0 Å². The highest BCUT2D eigenvalue weighted by Gasteiger charge is 2.14. The number of amides is 1. The van der Waals surface area contributed by atoms with Crippen molar-refractivity contribution in [3.8, 4) is 0 Å². The summed E-state index contributed by atoms with van der Waals surface area (Å²) in [5.41, 5.74) is -0.465. The maximum absolute atomic E-state index is 13.2. The van der Waals surface area contributed by atoms with Crippen molar-refractivity contribution in [2.75, 3.05) is 11.9 Å². The molecule has 1 amide bonds. The Balaban J connectivity index is 2.57. The molecule has 1 unspecified atom stereocenters. The van der Waals surface area contributed by atoms with Gasteiger partial charge in [0, 0.05) is 23.5 Å². The Hall–Kier alpha value is -1.50. The van der Waals surface area contributed by atoms with Crippen LogP contribution in [0, 0.1) is 21.8 Å². The van der Waals surface area contributed by atoms with Crippen molar-refractivity contribution < 1.29 is 14.1 Å². The number of nitro benzene ring substituents is 1. The number of hydrogen-bond donors (Lipinski definition) is 1. The highest BCUT2D eigenvalue weighted by atomic mass is 79.9. The molecule has 0 aromatic heterocycles. The van der Waals surface area contributed by atoms with Gasteiger partial charge in [-0.05, 0) is 24.8 Å². The van der Waals surface area contributed by atoms with E-state index in [9.17, 15) is 19.3 Å². The van der Waals surface area contributed by atoms with Crippen LogP contribution in [0.3, 0.4) is 0 Å². The van der Waals surface area contributed by atoms with Crippen LogP contribution >= 0.6 is 15.9 Å². The minimum atomic E-state index is -0.794. The molecule has 0 aliphatic rings. The molecule has 0 saturated carbocycles. The molecule has 1 aromatic rings. The molecule has 5 nitrogen and oxygen atoms in total. The topological polar surface area (TPSA) is 72.2 Å². The van der Waals surface area contributed by atoms with E-state index in [0.717, 1.165) is 36.4 Å². The normalized spacial score (nSPS) is 11.9. The molecule has 7 heteroatoms. The van der Waals surface area contributed by atoms with E-state index in [0.29, 0.717) is 12.5 Å². The minimum Gasteiger partial charge on any atom is -0.352 e. The van der Waals surface area contributed by atoms with Crippen LogP contribution in [0.25, 0.3) is 0 Å². The first-order valence-electron chi connectivity index (χ1n) is 6.23. The van der Waals surface area contributed by atoms with Crippen LogP contribution in [0.4, 0.5) is 10.1 Å². The molecule has 0 spiro atoms. The number of hydrogen-bond acceptors (Lipinski definition) is 3. The summed E-state index contributed by atoms with van der Waals surface area (Å²) >= 11 is 3.37. The van der Waals surface area contributed by atoms with Crippen LogP contribution in [0.5, 0.6) is 0 Å². The van der Waals surface area contributed by atoms with Crippen molar-refractivity contribution in [2.45, 2.75) is 19.8 Å². The fourth-order valence-electron chi connectivity index (χ4n) is 1.64. The zero-order valence-corrected chi connectivity index (χ0v) is 12.7. The van der Waals surface area contributed by atoms with Gasteiger partial charge in [-0.3, -0.25) is 14.9 Å². The summed E-state index contributed by atoms with van der Waals surface area (Å²) < 4.78 is 13.2. The van der Waals surface area contributed by atoms with Gasteiger partial charge in [0.1, 0.15) is 5.82 Å². The number of halogens is 2. The molecule has 1 N–H and O–H groups in total.